The molecule has 4 N–H and O–H groups in total. The minimum atomic E-state index is -0.515. The predicted molar refractivity (Wildman–Crippen MR) is 117 cm³/mol. The maximum atomic E-state index is 12.0. The fourth-order valence-electron chi connectivity index (χ4n) is 2.76. The van der Waals surface area contributed by atoms with E-state index in [4.69, 9.17) is 20.9 Å². The summed E-state index contributed by atoms with van der Waals surface area (Å²) >= 11 is 0. The van der Waals surface area contributed by atoms with Gasteiger partial charge in [0.25, 0.3) is 0 Å². The summed E-state index contributed by atoms with van der Waals surface area (Å²) in [6.45, 7) is 0. The molecule has 152 valence electrons. The van der Waals surface area contributed by atoms with Crippen molar-refractivity contribution < 1.29 is 19.1 Å². The smallest absolute Gasteiger partial charge is 0.336 e. The predicted octanol–water partition coefficient (Wildman–Crippen LogP) is 3.96. The zero-order valence-corrected chi connectivity index (χ0v) is 16.3. The van der Waals surface area contributed by atoms with Crippen LogP contribution in [0, 0.1) is 0 Å². The molecule has 6 nitrogen and oxygen atoms in total. The van der Waals surface area contributed by atoms with E-state index in [1.54, 1.807) is 42.5 Å². The third-order valence-corrected chi connectivity index (χ3v) is 4.14. The van der Waals surface area contributed by atoms with Crippen LogP contribution in [0.4, 0.5) is 5.69 Å². The highest BCUT2D eigenvalue weighted by molar-refractivity contribution is 5.89. The topological polar surface area (TPSA) is 105 Å². The van der Waals surface area contributed by atoms with Crippen molar-refractivity contribution in [2.24, 2.45) is 5.73 Å². The van der Waals surface area contributed by atoms with Crippen LogP contribution in [0.25, 0.3) is 12.2 Å². The van der Waals surface area contributed by atoms with Gasteiger partial charge < -0.3 is 20.9 Å². The van der Waals surface area contributed by atoms with Crippen LogP contribution in [0.3, 0.4) is 0 Å². The summed E-state index contributed by atoms with van der Waals surface area (Å²) in [5.74, 6) is -0.0491. The Hall–Kier alpha value is -4.06. The number of hydrogen-bond donors (Lipinski definition) is 2. The van der Waals surface area contributed by atoms with Crippen molar-refractivity contribution in [3.05, 3.63) is 95.4 Å². The number of carbonyl (C=O) groups is 2. The van der Waals surface area contributed by atoms with Gasteiger partial charge in [-0.25, -0.2) is 9.59 Å². The van der Waals surface area contributed by atoms with Crippen LogP contribution in [0.2, 0.25) is 0 Å². The average Bonchev–Trinajstić information content (AvgIpc) is 2.71. The first-order valence-electron chi connectivity index (χ1n) is 9.39. The minimum absolute atomic E-state index is 0.380. The number of hydrogen-bond acceptors (Lipinski definition) is 6. The lowest BCUT2D eigenvalue weighted by Crippen LogP contribution is -2.06. The van der Waals surface area contributed by atoms with E-state index >= 15 is 0 Å². The summed E-state index contributed by atoms with van der Waals surface area (Å²) in [4.78, 5) is 24.0. The molecule has 2 aromatic rings. The average molecular weight is 402 g/mol. The highest BCUT2D eigenvalue weighted by atomic mass is 16.5. The monoisotopic (exact) mass is 402 g/mol. The first kappa shape index (κ1) is 20.7. The summed E-state index contributed by atoms with van der Waals surface area (Å²) in [6.07, 6.45) is 10.9. The number of benzene rings is 2. The lowest BCUT2D eigenvalue weighted by molar-refractivity contribution is -0.134. The normalized spacial score (nSPS) is 13.7. The molecule has 0 unspecified atom stereocenters. The number of nitrogens with two attached hydrogens (primary N) is 2. The van der Waals surface area contributed by atoms with Gasteiger partial charge in [0.2, 0.25) is 0 Å². The molecule has 1 aliphatic rings. The van der Waals surface area contributed by atoms with Crippen LogP contribution in [-0.2, 0) is 14.3 Å². The van der Waals surface area contributed by atoms with Crippen LogP contribution in [0.1, 0.15) is 24.0 Å². The summed E-state index contributed by atoms with van der Waals surface area (Å²) in [7, 11) is 0. The molecule has 0 atom stereocenters. The molecule has 1 aliphatic carbocycles. The largest absolute Gasteiger partial charge is 0.428 e. The molecular formula is C24H22N2O4. The van der Waals surface area contributed by atoms with Crippen molar-refractivity contribution in [3.8, 4) is 5.75 Å². The number of allylic oxidation sites excluding steroid dienone is 3. The van der Waals surface area contributed by atoms with Crippen LogP contribution >= 0.6 is 0 Å². The number of nitrogen functional groups attached to an aromatic ring is 1. The van der Waals surface area contributed by atoms with E-state index in [1.807, 2.05) is 30.3 Å². The molecule has 6 heteroatoms. The molecule has 3 rings (SSSR count). The second kappa shape index (κ2) is 9.93. The molecule has 0 aliphatic heterocycles. The molecule has 0 heterocycles. The molecule has 0 saturated heterocycles. The Labute approximate surface area is 174 Å². The molecule has 0 aromatic heterocycles. The Balaban J connectivity index is 1.58. The first-order chi connectivity index (χ1) is 14.5. The summed E-state index contributed by atoms with van der Waals surface area (Å²) in [6, 6.07) is 14.0. The second-order valence-corrected chi connectivity index (χ2v) is 6.60. The van der Waals surface area contributed by atoms with E-state index in [0.717, 1.165) is 17.5 Å². The van der Waals surface area contributed by atoms with Gasteiger partial charge in [-0.15, -0.1) is 0 Å². The molecule has 30 heavy (non-hydrogen) atoms. The van der Waals surface area contributed by atoms with E-state index in [2.05, 4.69) is 0 Å². The van der Waals surface area contributed by atoms with E-state index in [-0.39, 0.29) is 0 Å². The van der Waals surface area contributed by atoms with E-state index in [1.165, 1.54) is 12.2 Å². The van der Waals surface area contributed by atoms with Crippen molar-refractivity contribution in [3.63, 3.8) is 0 Å². The SMILES string of the molecule is NC1=CCCC(OC(=O)/C=C/c2cccc(/C=C/C(=O)Oc3cccc(N)c3)c2)=C1. The van der Waals surface area contributed by atoms with Gasteiger partial charge in [0.15, 0.2) is 0 Å². The quantitative estimate of drug-likeness (QED) is 0.328. The standard InChI is InChI=1S/C24H22N2O4/c25-19-6-2-8-21(15-19)29-23(27)12-10-17-4-1-5-18(14-17)11-13-24(28)30-22-9-3-7-20(26)16-22/h1-2,4-8,10-16H,3,9,25-26H2/b12-10+,13-11+. The molecule has 0 spiro atoms. The molecule has 0 fully saturated rings. The number of ether oxygens (including phenoxy) is 2. The molecule has 0 bridgehead atoms. The number of esters is 2. The third-order valence-electron chi connectivity index (χ3n) is 4.14. The lowest BCUT2D eigenvalue weighted by Gasteiger charge is -2.10. The van der Waals surface area contributed by atoms with Gasteiger partial charge in [-0.05, 0) is 54.0 Å². The minimum Gasteiger partial charge on any atom is -0.428 e. The van der Waals surface area contributed by atoms with Crippen LogP contribution in [0.15, 0.2) is 84.3 Å². The van der Waals surface area contributed by atoms with E-state index < -0.39 is 11.9 Å². The van der Waals surface area contributed by atoms with E-state index in [0.29, 0.717) is 29.3 Å². The summed E-state index contributed by atoms with van der Waals surface area (Å²) in [5, 5.41) is 0. The number of rotatable bonds is 6. The Morgan fingerprint density at radius 1 is 0.867 bits per heavy atom. The third kappa shape index (κ3) is 6.53. The van der Waals surface area contributed by atoms with Gasteiger partial charge in [-0.3, -0.25) is 0 Å². The fraction of sp³-hybridized carbons (Fsp3) is 0.0833. The van der Waals surface area contributed by atoms with E-state index in [9.17, 15) is 9.59 Å². The summed E-state index contributed by atoms with van der Waals surface area (Å²) in [5.41, 5.74) is 14.1. The van der Waals surface area contributed by atoms with Crippen molar-refractivity contribution >= 4 is 29.8 Å². The molecular weight excluding hydrogens is 380 g/mol. The van der Waals surface area contributed by atoms with Crippen molar-refractivity contribution in [2.75, 3.05) is 5.73 Å². The van der Waals surface area contributed by atoms with Gasteiger partial charge in [0.1, 0.15) is 11.5 Å². The second-order valence-electron chi connectivity index (χ2n) is 6.60. The Kier molecular flexibility index (Phi) is 6.84. The maximum absolute atomic E-state index is 12.0. The molecule has 0 amide bonds. The fourth-order valence-corrected chi connectivity index (χ4v) is 2.76. The highest BCUT2D eigenvalue weighted by Gasteiger charge is 2.08. The van der Waals surface area contributed by atoms with Gasteiger partial charge in [-0.1, -0.05) is 30.3 Å². The van der Waals surface area contributed by atoms with Gasteiger partial charge in [0, 0.05) is 36.0 Å². The van der Waals surface area contributed by atoms with Crippen molar-refractivity contribution in [2.45, 2.75) is 12.8 Å². The Morgan fingerprint density at radius 2 is 1.53 bits per heavy atom. The van der Waals surface area contributed by atoms with Crippen LogP contribution < -0.4 is 16.2 Å². The van der Waals surface area contributed by atoms with Crippen LogP contribution in [-0.4, -0.2) is 11.9 Å². The van der Waals surface area contributed by atoms with Crippen LogP contribution in [0.5, 0.6) is 5.75 Å². The Morgan fingerprint density at radius 3 is 2.20 bits per heavy atom. The van der Waals surface area contributed by atoms with Gasteiger partial charge >= 0.3 is 11.9 Å². The maximum Gasteiger partial charge on any atom is 0.336 e. The molecule has 2 aromatic carbocycles. The zero-order valence-electron chi connectivity index (χ0n) is 16.3. The van der Waals surface area contributed by atoms with Gasteiger partial charge in [-0.2, -0.15) is 0 Å². The van der Waals surface area contributed by atoms with Gasteiger partial charge in [0.05, 0.1) is 0 Å². The Bertz CT molecular complexity index is 1060. The first-order valence-corrected chi connectivity index (χ1v) is 9.39. The molecule has 0 radical (unpaired) electrons. The summed E-state index contributed by atoms with van der Waals surface area (Å²) < 4.78 is 10.5. The number of carbonyl (C=O) groups excluding carboxylic acids is 2. The number of anilines is 1. The zero-order chi connectivity index (χ0) is 21.3. The van der Waals surface area contributed by atoms with Crippen molar-refractivity contribution in [1.29, 1.82) is 0 Å². The highest BCUT2D eigenvalue weighted by Crippen LogP contribution is 2.17. The van der Waals surface area contributed by atoms with Crippen molar-refractivity contribution in [1.82, 2.24) is 0 Å². The lowest BCUT2D eigenvalue weighted by atomic mass is 10.1. The molecule has 0 saturated carbocycles.